The van der Waals surface area contributed by atoms with Crippen LogP contribution in [0.2, 0.25) is 0 Å². The molecule has 0 fully saturated rings. The van der Waals surface area contributed by atoms with Gasteiger partial charge < -0.3 is 10.2 Å². The molecule has 0 spiro atoms. The molecule has 1 N–H and O–H groups in total. The van der Waals surface area contributed by atoms with Gasteiger partial charge >= 0.3 is 0 Å². The largest absolute Gasteiger partial charge is 0.352 e. The van der Waals surface area contributed by atoms with Crippen molar-refractivity contribution < 1.29 is 14.0 Å². The molecule has 2 atom stereocenters. The highest BCUT2D eigenvalue weighted by molar-refractivity contribution is 9.10. The van der Waals surface area contributed by atoms with E-state index in [4.69, 9.17) is 0 Å². The maximum atomic E-state index is 13.6. The Hall–Kier alpha value is -2.64. The van der Waals surface area contributed by atoms with Gasteiger partial charge in [0.25, 0.3) is 0 Å². The number of rotatable bonds is 12. The number of carbonyl (C=O) groups excluding carboxylic acids is 2. The fraction of sp³-hybridized carbons (Fsp3) is 0.310. The molecule has 0 unspecified atom stereocenters. The molecule has 0 saturated carbocycles. The van der Waals surface area contributed by atoms with E-state index in [-0.39, 0.29) is 36.0 Å². The van der Waals surface area contributed by atoms with Crippen LogP contribution in [0.3, 0.4) is 0 Å². The van der Waals surface area contributed by atoms with E-state index >= 15 is 0 Å². The van der Waals surface area contributed by atoms with Gasteiger partial charge in [-0.1, -0.05) is 77.5 Å². The average Bonchev–Trinajstić information content (AvgIpc) is 2.88. The Morgan fingerprint density at radius 2 is 1.58 bits per heavy atom. The van der Waals surface area contributed by atoms with E-state index in [0.29, 0.717) is 12.2 Å². The summed E-state index contributed by atoms with van der Waals surface area (Å²) in [7, 11) is 0. The van der Waals surface area contributed by atoms with Crippen molar-refractivity contribution in [3.63, 3.8) is 0 Å². The van der Waals surface area contributed by atoms with Gasteiger partial charge in [0.2, 0.25) is 11.8 Å². The third-order valence-electron chi connectivity index (χ3n) is 5.95. The van der Waals surface area contributed by atoms with Gasteiger partial charge in [-0.25, -0.2) is 4.39 Å². The molecule has 190 valence electrons. The van der Waals surface area contributed by atoms with Crippen LogP contribution in [-0.4, -0.2) is 34.6 Å². The number of thioether (sulfide) groups is 1. The number of hydrogen-bond acceptors (Lipinski definition) is 3. The number of amides is 2. The van der Waals surface area contributed by atoms with Gasteiger partial charge in [0.15, 0.2) is 0 Å². The van der Waals surface area contributed by atoms with Gasteiger partial charge in [-0.3, -0.25) is 9.59 Å². The van der Waals surface area contributed by atoms with Gasteiger partial charge in [0, 0.05) is 29.2 Å². The van der Waals surface area contributed by atoms with E-state index in [9.17, 15) is 14.0 Å². The van der Waals surface area contributed by atoms with Gasteiger partial charge in [-0.05, 0) is 54.3 Å². The van der Waals surface area contributed by atoms with E-state index in [1.165, 1.54) is 23.9 Å². The fourth-order valence-corrected chi connectivity index (χ4v) is 4.84. The van der Waals surface area contributed by atoms with E-state index in [1.807, 2.05) is 68.4 Å². The lowest BCUT2D eigenvalue weighted by molar-refractivity contribution is -0.139. The Labute approximate surface area is 225 Å². The Morgan fingerprint density at radius 1 is 0.944 bits per heavy atom. The fourth-order valence-electron chi connectivity index (χ4n) is 3.70. The Kier molecular flexibility index (Phi) is 11.0. The monoisotopic (exact) mass is 570 g/mol. The molecular weight excluding hydrogens is 539 g/mol. The molecule has 3 aromatic carbocycles. The van der Waals surface area contributed by atoms with Crippen molar-refractivity contribution in [2.24, 2.45) is 0 Å². The van der Waals surface area contributed by atoms with Crippen molar-refractivity contribution >= 4 is 39.5 Å². The van der Waals surface area contributed by atoms with E-state index in [1.54, 1.807) is 17.0 Å². The highest BCUT2D eigenvalue weighted by Gasteiger charge is 2.30. The lowest BCUT2D eigenvalue weighted by atomic mass is 10.0. The summed E-state index contributed by atoms with van der Waals surface area (Å²) >= 11 is 4.96. The van der Waals surface area contributed by atoms with Crippen molar-refractivity contribution in [3.05, 3.63) is 106 Å². The molecule has 36 heavy (non-hydrogen) atoms. The SMILES string of the molecule is CC[C@H](C)NC(=O)[C@@H](Cc1ccccc1)N(Cc1ccc(F)cc1)C(=O)CSCc1ccc(Br)cc1. The summed E-state index contributed by atoms with van der Waals surface area (Å²) in [4.78, 5) is 28.7. The molecule has 0 aliphatic rings. The van der Waals surface area contributed by atoms with Crippen LogP contribution < -0.4 is 5.32 Å². The average molecular weight is 572 g/mol. The number of benzene rings is 3. The zero-order chi connectivity index (χ0) is 25.9. The van der Waals surface area contributed by atoms with Crippen LogP contribution in [0.4, 0.5) is 4.39 Å². The minimum atomic E-state index is -0.688. The molecule has 4 nitrogen and oxygen atoms in total. The van der Waals surface area contributed by atoms with Gasteiger partial charge in [-0.15, -0.1) is 11.8 Å². The Bertz CT molecular complexity index is 1110. The number of nitrogens with one attached hydrogen (secondary N) is 1. The van der Waals surface area contributed by atoms with Gasteiger partial charge in [0.1, 0.15) is 11.9 Å². The molecule has 0 aliphatic heterocycles. The summed E-state index contributed by atoms with van der Waals surface area (Å²) in [5, 5.41) is 3.06. The Balaban J connectivity index is 1.84. The summed E-state index contributed by atoms with van der Waals surface area (Å²) in [6.07, 6.45) is 1.19. The van der Waals surface area contributed by atoms with Crippen LogP contribution in [-0.2, 0) is 28.3 Å². The first-order chi connectivity index (χ1) is 17.4. The maximum Gasteiger partial charge on any atom is 0.243 e. The lowest BCUT2D eigenvalue weighted by Gasteiger charge is -2.32. The zero-order valence-corrected chi connectivity index (χ0v) is 23.0. The maximum absolute atomic E-state index is 13.6. The summed E-state index contributed by atoms with van der Waals surface area (Å²) in [6, 6.07) is 23.1. The highest BCUT2D eigenvalue weighted by Crippen LogP contribution is 2.20. The standard InChI is InChI=1S/C29H32BrFN2O2S/c1-3-21(2)32-29(35)27(17-22-7-5-4-6-8-22)33(18-23-11-15-26(31)16-12-23)28(34)20-36-19-24-9-13-25(30)14-10-24/h4-16,21,27H,3,17-20H2,1-2H3,(H,32,35)/t21-,27+/m0/s1. The topological polar surface area (TPSA) is 49.4 Å². The third-order valence-corrected chi connectivity index (χ3v) is 7.46. The second-order valence-corrected chi connectivity index (χ2v) is 10.7. The van der Waals surface area contributed by atoms with Crippen LogP contribution in [0, 0.1) is 5.82 Å². The number of carbonyl (C=O) groups is 2. The Morgan fingerprint density at radius 3 is 2.22 bits per heavy atom. The highest BCUT2D eigenvalue weighted by atomic mass is 79.9. The molecule has 2 amide bonds. The zero-order valence-electron chi connectivity index (χ0n) is 20.6. The van der Waals surface area contributed by atoms with Crippen LogP contribution in [0.5, 0.6) is 0 Å². The predicted molar refractivity (Wildman–Crippen MR) is 149 cm³/mol. The molecular formula is C29H32BrFN2O2S. The first-order valence-corrected chi connectivity index (χ1v) is 14.0. The van der Waals surface area contributed by atoms with E-state index < -0.39 is 6.04 Å². The number of hydrogen-bond donors (Lipinski definition) is 1. The molecule has 3 rings (SSSR count). The quantitative estimate of drug-likeness (QED) is 0.275. The van der Waals surface area contributed by atoms with E-state index in [0.717, 1.165) is 27.6 Å². The predicted octanol–water partition coefficient (Wildman–Crippen LogP) is 6.38. The van der Waals surface area contributed by atoms with Crippen LogP contribution in [0.15, 0.2) is 83.3 Å². The van der Waals surface area contributed by atoms with Gasteiger partial charge in [-0.2, -0.15) is 0 Å². The minimum Gasteiger partial charge on any atom is -0.352 e. The summed E-state index contributed by atoms with van der Waals surface area (Å²) in [5.41, 5.74) is 2.87. The summed E-state index contributed by atoms with van der Waals surface area (Å²) < 4.78 is 14.5. The van der Waals surface area contributed by atoms with Crippen molar-refractivity contribution in [1.82, 2.24) is 10.2 Å². The second kappa shape index (κ2) is 14.2. The third kappa shape index (κ3) is 8.79. The minimum absolute atomic E-state index is 0.00896. The van der Waals surface area contributed by atoms with Crippen molar-refractivity contribution in [2.45, 2.75) is 51.1 Å². The normalized spacial score (nSPS) is 12.6. The van der Waals surface area contributed by atoms with Crippen LogP contribution >= 0.6 is 27.7 Å². The molecule has 0 bridgehead atoms. The van der Waals surface area contributed by atoms with Crippen LogP contribution in [0.25, 0.3) is 0 Å². The van der Waals surface area contributed by atoms with Crippen molar-refractivity contribution in [2.75, 3.05) is 5.75 Å². The summed E-state index contributed by atoms with van der Waals surface area (Å²) in [5.74, 6) is 0.283. The lowest BCUT2D eigenvalue weighted by Crippen LogP contribution is -2.52. The summed E-state index contributed by atoms with van der Waals surface area (Å²) in [6.45, 7) is 4.19. The number of halogens is 2. The van der Waals surface area contributed by atoms with Gasteiger partial charge in [0.05, 0.1) is 5.75 Å². The number of nitrogens with zero attached hydrogens (tertiary/aromatic N) is 1. The molecule has 0 saturated heterocycles. The van der Waals surface area contributed by atoms with Crippen LogP contribution in [0.1, 0.15) is 37.0 Å². The molecule has 0 aliphatic carbocycles. The molecule has 0 aromatic heterocycles. The first kappa shape index (κ1) is 27.9. The molecule has 3 aromatic rings. The van der Waals surface area contributed by atoms with E-state index in [2.05, 4.69) is 21.2 Å². The molecule has 7 heteroatoms. The molecule has 0 radical (unpaired) electrons. The smallest absolute Gasteiger partial charge is 0.243 e. The first-order valence-electron chi connectivity index (χ1n) is 12.1. The van der Waals surface area contributed by atoms with Crippen molar-refractivity contribution in [1.29, 1.82) is 0 Å². The van der Waals surface area contributed by atoms with Crippen molar-refractivity contribution in [3.8, 4) is 0 Å². The molecule has 0 heterocycles. The second-order valence-electron chi connectivity index (χ2n) is 8.79.